The molecule has 0 heterocycles. The molecule has 2 atom stereocenters. The number of alkyl halides is 3. The Bertz CT molecular complexity index is 734. The highest BCUT2D eigenvalue weighted by Gasteiger charge is 2.47. The van der Waals surface area contributed by atoms with Crippen molar-refractivity contribution in [1.29, 1.82) is 0 Å². The monoisotopic (exact) mass is 343 g/mol. The Morgan fingerprint density at radius 2 is 1.30 bits per heavy atom. The topological polar surface area (TPSA) is 70.0 Å². The molecule has 0 radical (unpaired) electrons. The molecule has 4 nitrogen and oxygen atoms in total. The first-order valence-corrected chi connectivity index (χ1v) is 8.10. The Labute approximate surface area is 132 Å². The second-order valence-corrected chi connectivity index (χ2v) is 6.55. The van der Waals surface area contributed by atoms with Crippen LogP contribution < -0.4 is 4.72 Å². The van der Waals surface area contributed by atoms with Gasteiger partial charge in [0.05, 0.1) is 0 Å². The summed E-state index contributed by atoms with van der Waals surface area (Å²) in [7, 11) is -5.57. The number of hydrogen-bond donors (Lipinski definition) is 1. The van der Waals surface area contributed by atoms with Crippen LogP contribution in [-0.4, -0.2) is 13.9 Å². The van der Waals surface area contributed by atoms with E-state index in [9.17, 15) is 21.6 Å². The van der Waals surface area contributed by atoms with Crippen molar-refractivity contribution in [2.45, 2.75) is 17.6 Å². The number of rotatable bonds is 5. The number of halogens is 3. The molecule has 0 aliphatic rings. The van der Waals surface area contributed by atoms with Crippen LogP contribution in [0.2, 0.25) is 0 Å². The number of sulfonamides is 1. The smallest absolute Gasteiger partial charge is 0.511 e. The van der Waals surface area contributed by atoms with Crippen LogP contribution in [-0.2, 0) is 10.0 Å². The molecule has 0 saturated heterocycles. The summed E-state index contributed by atoms with van der Waals surface area (Å²) in [5, 5.41) is 0. The van der Waals surface area contributed by atoms with Gasteiger partial charge in [0, 0.05) is 6.04 Å². The Kier molecular flexibility index (Phi) is 5.08. The molecule has 124 valence electrons. The predicted molar refractivity (Wildman–Crippen MR) is 80.8 cm³/mol. The highest BCUT2D eigenvalue weighted by atomic mass is 32.2. The van der Waals surface area contributed by atoms with E-state index >= 15 is 0 Å². The van der Waals surface area contributed by atoms with Crippen LogP contribution in [0.5, 0.6) is 0 Å². The van der Waals surface area contributed by atoms with Crippen molar-refractivity contribution in [1.82, 2.24) is 4.72 Å². The fourth-order valence-corrected chi connectivity index (χ4v) is 2.82. The standard InChI is InChI=1S/C15H14F3N2O2S/c16-15(17,18)23(21,22)20-14(12-9-5-2-6-10-12)13(19)11-7-3-1-4-8-11/h1-10,13-14,19-20H/q-1/t13-,14-/m1/s1. The van der Waals surface area contributed by atoms with Crippen LogP contribution in [0.1, 0.15) is 23.2 Å². The van der Waals surface area contributed by atoms with Gasteiger partial charge in [-0.25, -0.2) is 13.1 Å². The van der Waals surface area contributed by atoms with Crippen molar-refractivity contribution in [3.63, 3.8) is 0 Å². The zero-order chi connectivity index (χ0) is 17.1. The average molecular weight is 343 g/mol. The van der Waals surface area contributed by atoms with Gasteiger partial charge in [-0.1, -0.05) is 72.3 Å². The van der Waals surface area contributed by atoms with E-state index in [2.05, 4.69) is 0 Å². The van der Waals surface area contributed by atoms with E-state index in [0.29, 0.717) is 5.56 Å². The SMILES string of the molecule is [NH-][C@H](c1ccccc1)[C@H](NS(=O)(=O)C(F)(F)F)c1ccccc1. The summed E-state index contributed by atoms with van der Waals surface area (Å²) in [5.74, 6) is 0. The first-order chi connectivity index (χ1) is 10.7. The van der Waals surface area contributed by atoms with Gasteiger partial charge < -0.3 is 5.73 Å². The van der Waals surface area contributed by atoms with E-state index < -0.39 is 27.6 Å². The third kappa shape index (κ3) is 4.10. The summed E-state index contributed by atoms with van der Waals surface area (Å²) in [6, 6.07) is 13.3. The van der Waals surface area contributed by atoms with E-state index in [1.54, 1.807) is 53.3 Å². The van der Waals surface area contributed by atoms with Crippen molar-refractivity contribution >= 4 is 10.0 Å². The van der Waals surface area contributed by atoms with Gasteiger partial charge in [-0.2, -0.15) is 13.2 Å². The minimum absolute atomic E-state index is 0.282. The van der Waals surface area contributed by atoms with Gasteiger partial charge >= 0.3 is 15.5 Å². The summed E-state index contributed by atoms with van der Waals surface area (Å²) in [6.45, 7) is 0. The van der Waals surface area contributed by atoms with E-state index in [1.165, 1.54) is 12.1 Å². The van der Waals surface area contributed by atoms with E-state index in [-0.39, 0.29) is 5.56 Å². The lowest BCUT2D eigenvalue weighted by atomic mass is 9.95. The van der Waals surface area contributed by atoms with Gasteiger partial charge in [-0.3, -0.25) is 0 Å². The quantitative estimate of drug-likeness (QED) is 0.893. The second kappa shape index (κ2) is 6.69. The second-order valence-electron chi connectivity index (χ2n) is 4.84. The van der Waals surface area contributed by atoms with Crippen LogP contribution in [0.4, 0.5) is 13.2 Å². The molecule has 0 fully saturated rings. The molecule has 2 N–H and O–H groups in total. The van der Waals surface area contributed by atoms with Gasteiger partial charge in [0.2, 0.25) is 0 Å². The van der Waals surface area contributed by atoms with Crippen molar-refractivity contribution in [3.8, 4) is 0 Å². The van der Waals surface area contributed by atoms with Crippen LogP contribution >= 0.6 is 0 Å². The molecule has 0 amide bonds. The van der Waals surface area contributed by atoms with Crippen LogP contribution in [0.15, 0.2) is 60.7 Å². The summed E-state index contributed by atoms with van der Waals surface area (Å²) in [4.78, 5) is 0. The molecule has 23 heavy (non-hydrogen) atoms. The largest absolute Gasteiger partial charge is 0.669 e. The summed E-state index contributed by atoms with van der Waals surface area (Å²) < 4.78 is 62.5. The molecular formula is C15H14F3N2O2S-. The highest BCUT2D eigenvalue weighted by molar-refractivity contribution is 7.90. The molecule has 0 aliphatic carbocycles. The number of benzene rings is 2. The lowest BCUT2D eigenvalue weighted by molar-refractivity contribution is -0.0451. The molecule has 0 bridgehead atoms. The highest BCUT2D eigenvalue weighted by Crippen LogP contribution is 2.34. The van der Waals surface area contributed by atoms with Crippen molar-refractivity contribution in [3.05, 3.63) is 77.5 Å². The predicted octanol–water partition coefficient (Wildman–Crippen LogP) is 3.96. The van der Waals surface area contributed by atoms with Crippen LogP contribution in [0, 0.1) is 0 Å². The normalized spacial score (nSPS) is 15.1. The van der Waals surface area contributed by atoms with Gasteiger partial charge in [-0.05, 0) is 5.56 Å². The van der Waals surface area contributed by atoms with Gasteiger partial charge in [0.25, 0.3) is 0 Å². The van der Waals surface area contributed by atoms with Gasteiger partial charge in [0.15, 0.2) is 0 Å². The van der Waals surface area contributed by atoms with E-state index in [1.807, 2.05) is 0 Å². The molecule has 8 heteroatoms. The molecule has 0 saturated carbocycles. The maximum atomic E-state index is 12.7. The Hall–Kier alpha value is -1.90. The molecule has 2 aromatic carbocycles. The molecule has 0 unspecified atom stereocenters. The fourth-order valence-electron chi connectivity index (χ4n) is 2.08. The lowest BCUT2D eigenvalue weighted by Crippen LogP contribution is -2.40. The van der Waals surface area contributed by atoms with E-state index in [0.717, 1.165) is 0 Å². The lowest BCUT2D eigenvalue weighted by Gasteiger charge is -2.32. The molecule has 2 aromatic rings. The van der Waals surface area contributed by atoms with Gasteiger partial charge in [-0.15, -0.1) is 0 Å². The minimum Gasteiger partial charge on any atom is -0.669 e. The summed E-state index contributed by atoms with van der Waals surface area (Å²) >= 11 is 0. The third-order valence-electron chi connectivity index (χ3n) is 3.24. The average Bonchev–Trinajstić information content (AvgIpc) is 2.52. The molecule has 0 aliphatic heterocycles. The zero-order valence-corrected chi connectivity index (χ0v) is 12.6. The summed E-state index contributed by atoms with van der Waals surface area (Å²) in [5.41, 5.74) is 3.45. The van der Waals surface area contributed by atoms with Crippen molar-refractivity contribution in [2.75, 3.05) is 0 Å². The first-order valence-electron chi connectivity index (χ1n) is 6.62. The van der Waals surface area contributed by atoms with Crippen LogP contribution in [0.25, 0.3) is 5.73 Å². The van der Waals surface area contributed by atoms with Crippen molar-refractivity contribution < 1.29 is 21.6 Å². The van der Waals surface area contributed by atoms with Crippen molar-refractivity contribution in [2.24, 2.45) is 0 Å². The number of nitrogens with one attached hydrogen (secondary N) is 2. The van der Waals surface area contributed by atoms with Crippen LogP contribution in [0.3, 0.4) is 0 Å². The zero-order valence-electron chi connectivity index (χ0n) is 11.8. The molecule has 0 spiro atoms. The molecular weight excluding hydrogens is 329 g/mol. The minimum atomic E-state index is -5.57. The Morgan fingerprint density at radius 1 is 0.870 bits per heavy atom. The van der Waals surface area contributed by atoms with Gasteiger partial charge in [0.1, 0.15) is 0 Å². The maximum absolute atomic E-state index is 12.7. The van der Waals surface area contributed by atoms with E-state index in [4.69, 9.17) is 5.73 Å². The Balaban J connectivity index is 2.42. The number of hydrogen-bond acceptors (Lipinski definition) is 2. The molecule has 0 aromatic heterocycles. The first kappa shape index (κ1) is 17.5. The summed E-state index contributed by atoms with van der Waals surface area (Å²) in [6.07, 6.45) is 0. The molecule has 2 rings (SSSR count). The third-order valence-corrected chi connectivity index (χ3v) is 4.41. The fraction of sp³-hybridized carbons (Fsp3) is 0.200. The Morgan fingerprint density at radius 3 is 1.74 bits per heavy atom. The maximum Gasteiger partial charge on any atom is 0.511 e.